The molecule has 0 unspecified atom stereocenters. The van der Waals surface area contributed by atoms with Gasteiger partial charge in [-0.3, -0.25) is 9.78 Å². The summed E-state index contributed by atoms with van der Waals surface area (Å²) in [4.78, 5) is 18.9. The van der Waals surface area contributed by atoms with Crippen LogP contribution in [0.15, 0.2) is 54.7 Å². The van der Waals surface area contributed by atoms with Crippen molar-refractivity contribution in [2.75, 3.05) is 24.7 Å². The smallest absolute Gasteiger partial charge is 0.422 e. The van der Waals surface area contributed by atoms with E-state index in [1.54, 1.807) is 30.3 Å². The minimum absolute atomic E-state index is 0.0154. The Hall–Kier alpha value is -3.66. The molecule has 0 bridgehead atoms. The molecule has 5 rings (SSSR count). The first-order valence-electron chi connectivity index (χ1n) is 10.4. The molecule has 1 amide bonds. The predicted octanol–water partition coefficient (Wildman–Crippen LogP) is 4.77. The topological polar surface area (TPSA) is 60.9 Å². The molecule has 1 saturated heterocycles. The van der Waals surface area contributed by atoms with Crippen LogP contribution in [0.4, 0.5) is 23.2 Å². The fourth-order valence-corrected chi connectivity index (χ4v) is 3.82. The lowest BCUT2D eigenvalue weighted by molar-refractivity contribution is -0.153. The van der Waals surface area contributed by atoms with Crippen LogP contribution in [0.25, 0.3) is 11.3 Å². The summed E-state index contributed by atoms with van der Waals surface area (Å²) >= 11 is 0. The first kappa shape index (κ1) is 22.1. The maximum absolute atomic E-state index is 13.8. The van der Waals surface area contributed by atoms with Gasteiger partial charge in [0.05, 0.1) is 25.5 Å². The summed E-state index contributed by atoms with van der Waals surface area (Å²) < 4.78 is 67.6. The molecule has 1 aromatic heterocycles. The summed E-state index contributed by atoms with van der Waals surface area (Å²) in [7, 11) is 0. The summed E-state index contributed by atoms with van der Waals surface area (Å²) in [5, 5.41) is 0. The van der Waals surface area contributed by atoms with Gasteiger partial charge in [-0.2, -0.15) is 13.2 Å². The van der Waals surface area contributed by atoms with Crippen molar-refractivity contribution in [3.63, 3.8) is 0 Å². The van der Waals surface area contributed by atoms with Gasteiger partial charge in [-0.25, -0.2) is 4.39 Å². The minimum atomic E-state index is -4.59. The van der Waals surface area contributed by atoms with Crippen LogP contribution in [-0.2, 0) is 11.3 Å². The SMILES string of the molecule is O=C1c2ccnc(-c3ccc(F)cc3OCC(F)(F)F)c2CN1c1ccc(OC2COC2)cc1. The molecule has 3 heterocycles. The Morgan fingerprint density at radius 1 is 1.06 bits per heavy atom. The van der Waals surface area contributed by atoms with E-state index in [0.717, 1.165) is 12.1 Å². The van der Waals surface area contributed by atoms with Gasteiger partial charge in [-0.15, -0.1) is 0 Å². The van der Waals surface area contributed by atoms with E-state index in [9.17, 15) is 22.4 Å². The first-order chi connectivity index (χ1) is 16.3. The van der Waals surface area contributed by atoms with E-state index >= 15 is 0 Å². The molecule has 0 aliphatic carbocycles. The lowest BCUT2D eigenvalue weighted by Gasteiger charge is -2.27. The van der Waals surface area contributed by atoms with Crippen molar-refractivity contribution in [1.29, 1.82) is 0 Å². The number of pyridine rings is 1. The highest BCUT2D eigenvalue weighted by Gasteiger charge is 2.33. The number of nitrogens with zero attached hydrogens (tertiary/aromatic N) is 2. The van der Waals surface area contributed by atoms with Crippen LogP contribution in [0.1, 0.15) is 15.9 Å². The number of halogens is 4. The van der Waals surface area contributed by atoms with Gasteiger partial charge in [0.1, 0.15) is 23.4 Å². The van der Waals surface area contributed by atoms with Crippen molar-refractivity contribution in [2.45, 2.75) is 18.8 Å². The van der Waals surface area contributed by atoms with Gasteiger partial charge in [0.2, 0.25) is 0 Å². The molecule has 0 spiro atoms. The van der Waals surface area contributed by atoms with E-state index in [1.165, 1.54) is 17.2 Å². The molecule has 2 aromatic carbocycles. The molecular weight excluding hydrogens is 456 g/mol. The molecule has 3 aromatic rings. The average molecular weight is 474 g/mol. The summed E-state index contributed by atoms with van der Waals surface area (Å²) in [6, 6.07) is 11.9. The number of hydrogen-bond donors (Lipinski definition) is 0. The highest BCUT2D eigenvalue weighted by molar-refractivity contribution is 6.11. The van der Waals surface area contributed by atoms with E-state index in [1.807, 2.05) is 0 Å². The van der Waals surface area contributed by atoms with Crippen LogP contribution in [-0.4, -0.2) is 43.0 Å². The minimum Gasteiger partial charge on any atom is -0.486 e. The quantitative estimate of drug-likeness (QED) is 0.482. The molecule has 10 heteroatoms. The van der Waals surface area contributed by atoms with Crippen molar-refractivity contribution < 1.29 is 36.6 Å². The van der Waals surface area contributed by atoms with E-state index in [2.05, 4.69) is 4.98 Å². The number of anilines is 1. The Morgan fingerprint density at radius 3 is 2.50 bits per heavy atom. The molecule has 2 aliphatic heterocycles. The fraction of sp³-hybridized carbons (Fsp3) is 0.250. The molecule has 0 N–H and O–H groups in total. The number of amides is 1. The summed E-state index contributed by atoms with van der Waals surface area (Å²) in [5.74, 6) is -0.673. The Labute approximate surface area is 191 Å². The van der Waals surface area contributed by atoms with Gasteiger partial charge in [0, 0.05) is 34.6 Å². The molecule has 0 saturated carbocycles. The van der Waals surface area contributed by atoms with Crippen LogP contribution in [0.2, 0.25) is 0 Å². The van der Waals surface area contributed by atoms with E-state index in [-0.39, 0.29) is 35.6 Å². The molecule has 0 radical (unpaired) electrons. The van der Waals surface area contributed by atoms with Gasteiger partial charge in [0.15, 0.2) is 6.61 Å². The monoisotopic (exact) mass is 474 g/mol. The number of carbonyl (C=O) groups excluding carboxylic acids is 1. The van der Waals surface area contributed by atoms with E-state index < -0.39 is 18.6 Å². The second kappa shape index (κ2) is 8.60. The normalized spacial score (nSPS) is 15.8. The molecule has 176 valence electrons. The second-order valence-corrected chi connectivity index (χ2v) is 7.89. The zero-order chi connectivity index (χ0) is 23.9. The van der Waals surface area contributed by atoms with Gasteiger partial charge in [-0.05, 0) is 42.5 Å². The van der Waals surface area contributed by atoms with Crippen molar-refractivity contribution in [2.24, 2.45) is 0 Å². The number of rotatable bonds is 6. The molecule has 6 nitrogen and oxygen atoms in total. The summed E-state index contributed by atoms with van der Waals surface area (Å²) in [6.45, 7) is -0.361. The third-order valence-corrected chi connectivity index (χ3v) is 5.50. The van der Waals surface area contributed by atoms with Crippen LogP contribution in [0, 0.1) is 5.82 Å². The van der Waals surface area contributed by atoms with Crippen LogP contribution in [0.5, 0.6) is 11.5 Å². The molecule has 34 heavy (non-hydrogen) atoms. The first-order valence-corrected chi connectivity index (χ1v) is 10.4. The number of fused-ring (bicyclic) bond motifs is 1. The number of ether oxygens (including phenoxy) is 3. The van der Waals surface area contributed by atoms with Gasteiger partial charge >= 0.3 is 6.18 Å². The molecule has 2 aliphatic rings. The zero-order valence-electron chi connectivity index (χ0n) is 17.6. The Bertz CT molecular complexity index is 1230. The fourth-order valence-electron chi connectivity index (χ4n) is 3.82. The van der Waals surface area contributed by atoms with Crippen LogP contribution < -0.4 is 14.4 Å². The lowest BCUT2D eigenvalue weighted by Crippen LogP contribution is -2.38. The number of carbonyl (C=O) groups is 1. The van der Waals surface area contributed by atoms with Crippen LogP contribution >= 0.6 is 0 Å². The van der Waals surface area contributed by atoms with E-state index in [0.29, 0.717) is 35.8 Å². The highest BCUT2D eigenvalue weighted by Crippen LogP contribution is 2.38. The molecule has 0 atom stereocenters. The zero-order valence-corrected chi connectivity index (χ0v) is 17.6. The number of hydrogen-bond acceptors (Lipinski definition) is 5. The van der Waals surface area contributed by atoms with Crippen molar-refractivity contribution in [3.8, 4) is 22.8 Å². The Morgan fingerprint density at radius 2 is 1.82 bits per heavy atom. The summed E-state index contributed by atoms with van der Waals surface area (Å²) in [5.41, 5.74) is 1.93. The largest absolute Gasteiger partial charge is 0.486 e. The predicted molar refractivity (Wildman–Crippen MR) is 113 cm³/mol. The van der Waals surface area contributed by atoms with Crippen LogP contribution in [0.3, 0.4) is 0 Å². The summed E-state index contributed by atoms with van der Waals surface area (Å²) in [6.07, 6.45) is -3.18. The van der Waals surface area contributed by atoms with Crippen molar-refractivity contribution in [1.82, 2.24) is 4.98 Å². The van der Waals surface area contributed by atoms with Crippen molar-refractivity contribution in [3.05, 3.63) is 71.7 Å². The van der Waals surface area contributed by atoms with Gasteiger partial charge in [0.25, 0.3) is 5.91 Å². The van der Waals surface area contributed by atoms with Crippen molar-refractivity contribution >= 4 is 11.6 Å². The molecule has 1 fully saturated rings. The number of alkyl halides is 3. The highest BCUT2D eigenvalue weighted by atomic mass is 19.4. The maximum atomic E-state index is 13.8. The Balaban J connectivity index is 1.43. The van der Waals surface area contributed by atoms with Gasteiger partial charge in [-0.1, -0.05) is 0 Å². The molecular formula is C24H18F4N2O4. The van der Waals surface area contributed by atoms with Gasteiger partial charge < -0.3 is 19.1 Å². The number of benzene rings is 2. The Kier molecular flexibility index (Phi) is 5.60. The standard InChI is InChI=1S/C24H18F4N2O4/c25-14-1-6-19(21(9-14)33-13-24(26,27)28)22-20-10-30(23(31)18(20)7-8-29-22)15-2-4-16(5-3-15)34-17-11-32-12-17/h1-9,17H,10-13H2. The lowest BCUT2D eigenvalue weighted by atomic mass is 10.0. The third kappa shape index (κ3) is 4.41. The maximum Gasteiger partial charge on any atom is 0.422 e. The second-order valence-electron chi connectivity index (χ2n) is 7.89. The third-order valence-electron chi connectivity index (χ3n) is 5.50. The number of aromatic nitrogens is 1. The van der Waals surface area contributed by atoms with E-state index in [4.69, 9.17) is 14.2 Å². The average Bonchev–Trinajstić information content (AvgIpc) is 3.12.